The molecule has 0 amide bonds. The van der Waals surface area contributed by atoms with E-state index in [-0.39, 0.29) is 5.56 Å². The van der Waals surface area contributed by atoms with Crippen LogP contribution in [0.3, 0.4) is 0 Å². The van der Waals surface area contributed by atoms with E-state index in [0.717, 1.165) is 24.3 Å². The third kappa shape index (κ3) is 2.97. The molecule has 3 rings (SSSR count). The summed E-state index contributed by atoms with van der Waals surface area (Å²) in [6.45, 7) is 2.01. The van der Waals surface area contributed by atoms with Crippen LogP contribution >= 0.6 is 11.6 Å². The minimum Gasteiger partial charge on any atom is -0.477 e. The highest BCUT2D eigenvalue weighted by Gasteiger charge is 2.17. The SMILES string of the molecule is Cn1cc(C(=O)O)c(=O)cc1-c1ccc(N2CCCC2)c(Cl)c1. The summed E-state index contributed by atoms with van der Waals surface area (Å²) < 4.78 is 1.63. The number of halogens is 1. The summed E-state index contributed by atoms with van der Waals surface area (Å²) >= 11 is 6.41. The normalized spacial score (nSPS) is 14.3. The van der Waals surface area contributed by atoms with Crippen molar-refractivity contribution < 1.29 is 9.90 Å². The Morgan fingerprint density at radius 1 is 1.22 bits per heavy atom. The Hall–Kier alpha value is -2.27. The molecule has 1 N–H and O–H groups in total. The van der Waals surface area contributed by atoms with Gasteiger partial charge in [-0.2, -0.15) is 0 Å². The highest BCUT2D eigenvalue weighted by molar-refractivity contribution is 6.33. The van der Waals surface area contributed by atoms with Crippen molar-refractivity contribution in [1.29, 1.82) is 0 Å². The second kappa shape index (κ2) is 6.08. The third-order valence-corrected chi connectivity index (χ3v) is 4.46. The summed E-state index contributed by atoms with van der Waals surface area (Å²) in [5, 5.41) is 9.65. The first-order chi connectivity index (χ1) is 11.0. The van der Waals surface area contributed by atoms with Gasteiger partial charge in [-0.1, -0.05) is 17.7 Å². The molecule has 1 aromatic heterocycles. The Bertz CT molecular complexity index is 823. The number of anilines is 1. The van der Waals surface area contributed by atoms with Crippen LogP contribution in [0.25, 0.3) is 11.3 Å². The molecule has 0 unspecified atom stereocenters. The number of aryl methyl sites for hydroxylation is 1. The summed E-state index contributed by atoms with van der Waals surface area (Å²) in [4.78, 5) is 25.2. The van der Waals surface area contributed by atoms with E-state index in [1.165, 1.54) is 25.1 Å². The zero-order chi connectivity index (χ0) is 16.6. The van der Waals surface area contributed by atoms with Gasteiger partial charge in [0.25, 0.3) is 0 Å². The van der Waals surface area contributed by atoms with Gasteiger partial charge in [-0.3, -0.25) is 4.79 Å². The number of carboxylic acid groups (broad SMARTS) is 1. The fourth-order valence-corrected chi connectivity index (χ4v) is 3.26. The zero-order valence-electron chi connectivity index (χ0n) is 12.8. The molecule has 2 heterocycles. The summed E-state index contributed by atoms with van der Waals surface area (Å²) in [7, 11) is 1.71. The number of hydrogen-bond donors (Lipinski definition) is 1. The molecule has 1 aromatic carbocycles. The van der Waals surface area contributed by atoms with Gasteiger partial charge in [0.05, 0.1) is 16.4 Å². The number of hydrogen-bond acceptors (Lipinski definition) is 3. The van der Waals surface area contributed by atoms with E-state index in [9.17, 15) is 9.59 Å². The summed E-state index contributed by atoms with van der Waals surface area (Å²) in [5.41, 5.74) is 1.67. The smallest absolute Gasteiger partial charge is 0.341 e. The average Bonchev–Trinajstić information content (AvgIpc) is 3.03. The van der Waals surface area contributed by atoms with Gasteiger partial charge >= 0.3 is 5.97 Å². The fourth-order valence-electron chi connectivity index (χ4n) is 2.96. The van der Waals surface area contributed by atoms with Crippen molar-refractivity contribution in [2.24, 2.45) is 7.05 Å². The van der Waals surface area contributed by atoms with Gasteiger partial charge < -0.3 is 14.6 Å². The second-order valence-corrected chi connectivity index (χ2v) is 6.12. The summed E-state index contributed by atoms with van der Waals surface area (Å²) in [6.07, 6.45) is 3.68. The molecule has 1 aliphatic heterocycles. The van der Waals surface area contributed by atoms with Crippen molar-refractivity contribution in [3.05, 3.63) is 51.3 Å². The van der Waals surface area contributed by atoms with Crippen molar-refractivity contribution in [3.63, 3.8) is 0 Å². The fraction of sp³-hybridized carbons (Fsp3) is 0.294. The topological polar surface area (TPSA) is 62.5 Å². The predicted molar refractivity (Wildman–Crippen MR) is 90.5 cm³/mol. The first-order valence-corrected chi connectivity index (χ1v) is 7.84. The monoisotopic (exact) mass is 332 g/mol. The van der Waals surface area contributed by atoms with Crippen LogP contribution < -0.4 is 10.3 Å². The van der Waals surface area contributed by atoms with Gasteiger partial charge in [-0.15, -0.1) is 0 Å². The minimum absolute atomic E-state index is 0.240. The molecule has 2 aromatic rings. The van der Waals surface area contributed by atoms with Crippen LogP contribution in [0.1, 0.15) is 23.2 Å². The van der Waals surface area contributed by atoms with Crippen LogP contribution in [0.5, 0.6) is 0 Å². The van der Waals surface area contributed by atoms with Crippen LogP contribution in [0.4, 0.5) is 5.69 Å². The zero-order valence-corrected chi connectivity index (χ0v) is 13.5. The lowest BCUT2D eigenvalue weighted by Gasteiger charge is -2.20. The second-order valence-electron chi connectivity index (χ2n) is 5.71. The molecule has 0 spiro atoms. The van der Waals surface area contributed by atoms with Gasteiger partial charge in [0.1, 0.15) is 5.56 Å². The van der Waals surface area contributed by atoms with E-state index < -0.39 is 11.4 Å². The molecule has 0 saturated carbocycles. The van der Waals surface area contributed by atoms with Crippen LogP contribution in [0, 0.1) is 0 Å². The quantitative estimate of drug-likeness (QED) is 0.938. The van der Waals surface area contributed by atoms with Crippen LogP contribution in [0.15, 0.2) is 35.3 Å². The largest absolute Gasteiger partial charge is 0.477 e. The molecule has 120 valence electrons. The number of aromatic nitrogens is 1. The number of benzene rings is 1. The molecule has 1 fully saturated rings. The van der Waals surface area contributed by atoms with Gasteiger partial charge in [0, 0.05) is 32.4 Å². The van der Waals surface area contributed by atoms with Crippen LogP contribution in [-0.4, -0.2) is 28.7 Å². The van der Waals surface area contributed by atoms with Crippen molar-refractivity contribution in [2.45, 2.75) is 12.8 Å². The number of pyridine rings is 1. The van der Waals surface area contributed by atoms with Crippen molar-refractivity contribution in [1.82, 2.24) is 4.57 Å². The van der Waals surface area contributed by atoms with E-state index >= 15 is 0 Å². The molecule has 0 aliphatic carbocycles. The van der Waals surface area contributed by atoms with E-state index in [1.54, 1.807) is 11.6 Å². The van der Waals surface area contributed by atoms with Crippen LogP contribution in [-0.2, 0) is 7.05 Å². The first-order valence-electron chi connectivity index (χ1n) is 7.46. The molecular formula is C17H17ClN2O3. The Morgan fingerprint density at radius 2 is 1.91 bits per heavy atom. The minimum atomic E-state index is -1.22. The number of nitrogens with zero attached hydrogens (tertiary/aromatic N) is 2. The predicted octanol–water partition coefficient (Wildman–Crippen LogP) is 3.00. The van der Waals surface area contributed by atoms with Crippen molar-refractivity contribution >= 4 is 23.3 Å². The Kier molecular flexibility index (Phi) is 4.13. The summed E-state index contributed by atoms with van der Waals surface area (Å²) in [6, 6.07) is 7.03. The van der Waals surface area contributed by atoms with Gasteiger partial charge in [-0.25, -0.2) is 4.79 Å². The highest BCUT2D eigenvalue weighted by Crippen LogP contribution is 2.32. The van der Waals surface area contributed by atoms with Crippen LogP contribution in [0.2, 0.25) is 5.02 Å². The lowest BCUT2D eigenvalue weighted by atomic mass is 10.1. The molecule has 6 heteroatoms. The molecule has 0 atom stereocenters. The maximum absolute atomic E-state index is 11.9. The van der Waals surface area contributed by atoms with E-state index in [0.29, 0.717) is 10.7 Å². The third-order valence-electron chi connectivity index (χ3n) is 4.16. The Balaban J connectivity index is 2.02. The molecule has 1 aliphatic rings. The van der Waals surface area contributed by atoms with E-state index in [2.05, 4.69) is 4.90 Å². The first kappa shape index (κ1) is 15.6. The van der Waals surface area contributed by atoms with E-state index in [4.69, 9.17) is 16.7 Å². The maximum atomic E-state index is 11.9. The van der Waals surface area contributed by atoms with Crippen molar-refractivity contribution in [3.8, 4) is 11.3 Å². The lowest BCUT2D eigenvalue weighted by Crippen LogP contribution is -2.18. The standard InChI is InChI=1S/C17H17ClN2O3/c1-19-10-12(17(22)23)16(21)9-15(19)11-4-5-14(13(18)8-11)20-6-2-3-7-20/h4-5,8-10H,2-3,6-7H2,1H3,(H,22,23). The molecule has 1 saturated heterocycles. The lowest BCUT2D eigenvalue weighted by molar-refractivity contribution is 0.0694. The van der Waals surface area contributed by atoms with E-state index in [1.807, 2.05) is 18.2 Å². The molecule has 23 heavy (non-hydrogen) atoms. The number of rotatable bonds is 3. The Morgan fingerprint density at radius 3 is 2.52 bits per heavy atom. The molecule has 5 nitrogen and oxygen atoms in total. The molecular weight excluding hydrogens is 316 g/mol. The highest BCUT2D eigenvalue weighted by atomic mass is 35.5. The number of carbonyl (C=O) groups is 1. The van der Waals surface area contributed by atoms with Gasteiger partial charge in [-0.05, 0) is 30.5 Å². The number of carboxylic acids is 1. The van der Waals surface area contributed by atoms with Gasteiger partial charge in [0.15, 0.2) is 5.43 Å². The maximum Gasteiger partial charge on any atom is 0.341 e. The molecule has 0 bridgehead atoms. The number of aromatic carboxylic acids is 1. The van der Waals surface area contributed by atoms with Gasteiger partial charge in [0.2, 0.25) is 0 Å². The molecule has 0 radical (unpaired) electrons. The van der Waals surface area contributed by atoms with Crippen molar-refractivity contribution in [2.75, 3.05) is 18.0 Å². The average molecular weight is 333 g/mol. The summed E-state index contributed by atoms with van der Waals surface area (Å²) in [5.74, 6) is -1.22. The Labute approximate surface area is 138 Å².